The molecule has 0 saturated heterocycles. The van der Waals surface area contributed by atoms with E-state index in [1.807, 2.05) is 35.0 Å². The Balaban J connectivity index is 1.94. The number of aromatic nitrogens is 2. The van der Waals surface area contributed by atoms with Crippen molar-refractivity contribution >= 4 is 17.4 Å². The molecule has 0 amide bonds. The van der Waals surface area contributed by atoms with Crippen molar-refractivity contribution in [3.05, 3.63) is 64.9 Å². The smallest absolute Gasteiger partial charge is 0.133 e. The topological polar surface area (TPSA) is 29.9 Å². The van der Waals surface area contributed by atoms with Crippen molar-refractivity contribution in [3.8, 4) is 16.9 Å². The van der Waals surface area contributed by atoms with Crippen molar-refractivity contribution in [2.75, 3.05) is 11.9 Å². The van der Waals surface area contributed by atoms with Crippen molar-refractivity contribution in [1.82, 2.24) is 9.78 Å². The van der Waals surface area contributed by atoms with Crippen LogP contribution in [0.15, 0.2) is 48.5 Å². The summed E-state index contributed by atoms with van der Waals surface area (Å²) < 4.78 is 16.2. The van der Waals surface area contributed by atoms with Crippen molar-refractivity contribution in [2.45, 2.75) is 19.3 Å². The molecule has 0 bridgehead atoms. The van der Waals surface area contributed by atoms with E-state index in [1.54, 1.807) is 12.1 Å². The summed E-state index contributed by atoms with van der Waals surface area (Å²) in [6.07, 6.45) is 3.02. The second-order valence-electron chi connectivity index (χ2n) is 5.93. The molecule has 3 aromatic rings. The Kier molecular flexibility index (Phi) is 3.98. The molecule has 4 rings (SSSR count). The van der Waals surface area contributed by atoms with Crippen LogP contribution in [0.4, 0.5) is 10.2 Å². The van der Waals surface area contributed by atoms with Crippen LogP contribution in [0.1, 0.15) is 18.4 Å². The van der Waals surface area contributed by atoms with Gasteiger partial charge < -0.3 is 5.32 Å². The summed E-state index contributed by atoms with van der Waals surface area (Å²) in [5.74, 6) is 0.688. The van der Waals surface area contributed by atoms with Crippen LogP contribution < -0.4 is 5.32 Å². The van der Waals surface area contributed by atoms with E-state index >= 15 is 0 Å². The molecular formula is C19H17ClFN3. The summed E-state index contributed by atoms with van der Waals surface area (Å²) >= 11 is 6.14. The van der Waals surface area contributed by atoms with Crippen LogP contribution in [0.5, 0.6) is 0 Å². The second kappa shape index (κ2) is 6.29. The van der Waals surface area contributed by atoms with Crippen LogP contribution in [0.2, 0.25) is 5.02 Å². The third kappa shape index (κ3) is 2.67. The van der Waals surface area contributed by atoms with Crippen LogP contribution in [0, 0.1) is 5.82 Å². The number of halogens is 2. The van der Waals surface area contributed by atoms with Crippen molar-refractivity contribution < 1.29 is 4.39 Å². The van der Waals surface area contributed by atoms with Gasteiger partial charge in [0.25, 0.3) is 0 Å². The fraction of sp³-hybridized carbons (Fsp3) is 0.211. The summed E-state index contributed by atoms with van der Waals surface area (Å²) in [5.41, 5.74) is 3.18. The fourth-order valence-electron chi connectivity index (χ4n) is 3.17. The maximum atomic E-state index is 14.3. The molecule has 0 unspecified atom stereocenters. The first-order valence-corrected chi connectivity index (χ1v) is 8.48. The van der Waals surface area contributed by atoms with E-state index in [1.165, 1.54) is 6.07 Å². The largest absolute Gasteiger partial charge is 0.370 e. The summed E-state index contributed by atoms with van der Waals surface area (Å²) in [6, 6.07) is 14.3. The lowest BCUT2D eigenvalue weighted by molar-refractivity contribution is 0.630. The van der Waals surface area contributed by atoms with Gasteiger partial charge in [0.1, 0.15) is 17.3 Å². The molecular weight excluding hydrogens is 325 g/mol. The van der Waals surface area contributed by atoms with E-state index in [-0.39, 0.29) is 5.82 Å². The van der Waals surface area contributed by atoms with Crippen molar-refractivity contribution in [2.24, 2.45) is 0 Å². The number of fused-ring (bicyclic) bond motifs is 1. The van der Waals surface area contributed by atoms with Gasteiger partial charge in [-0.3, -0.25) is 0 Å². The summed E-state index contributed by atoms with van der Waals surface area (Å²) in [7, 11) is 0. The molecule has 2 aromatic carbocycles. The summed E-state index contributed by atoms with van der Waals surface area (Å²) in [4.78, 5) is 0. The Labute approximate surface area is 145 Å². The minimum Gasteiger partial charge on any atom is -0.370 e. The molecule has 0 fully saturated rings. The Morgan fingerprint density at radius 3 is 2.79 bits per heavy atom. The lowest BCUT2D eigenvalue weighted by atomic mass is 10.0. The van der Waals surface area contributed by atoms with Crippen LogP contribution in [0.3, 0.4) is 0 Å². The highest BCUT2D eigenvalue weighted by molar-refractivity contribution is 6.30. The molecule has 0 aliphatic carbocycles. The molecule has 24 heavy (non-hydrogen) atoms. The number of rotatable bonds is 2. The monoisotopic (exact) mass is 341 g/mol. The number of hydrogen-bond donors (Lipinski definition) is 1. The van der Waals surface area contributed by atoms with Gasteiger partial charge in [0.2, 0.25) is 0 Å². The maximum Gasteiger partial charge on any atom is 0.133 e. The third-order valence-electron chi connectivity index (χ3n) is 4.31. The van der Waals surface area contributed by atoms with Gasteiger partial charge in [-0.15, -0.1) is 0 Å². The molecule has 1 N–H and O–H groups in total. The molecule has 122 valence electrons. The van der Waals surface area contributed by atoms with Crippen molar-refractivity contribution in [3.63, 3.8) is 0 Å². The highest BCUT2D eigenvalue weighted by Gasteiger charge is 2.23. The van der Waals surface area contributed by atoms with Gasteiger partial charge in [0.05, 0.1) is 5.69 Å². The first-order chi connectivity index (χ1) is 11.7. The molecule has 0 atom stereocenters. The normalized spacial score (nSPS) is 13.9. The van der Waals surface area contributed by atoms with Crippen LogP contribution in [-0.4, -0.2) is 16.3 Å². The third-order valence-corrected chi connectivity index (χ3v) is 4.55. The zero-order chi connectivity index (χ0) is 16.5. The predicted molar refractivity (Wildman–Crippen MR) is 95.4 cm³/mol. The van der Waals surface area contributed by atoms with E-state index in [0.717, 1.165) is 42.9 Å². The molecule has 5 heteroatoms. The lowest BCUT2D eigenvalue weighted by Gasteiger charge is -2.09. The predicted octanol–water partition coefficient (Wildman–Crippen LogP) is 5.08. The van der Waals surface area contributed by atoms with Gasteiger partial charge >= 0.3 is 0 Å². The molecule has 1 aromatic heterocycles. The minimum atomic E-state index is -0.250. The SMILES string of the molecule is Fc1ccccc1-c1nn(-c2cccc(Cl)c2)c2c1CCCCN2. The van der Waals surface area contributed by atoms with Crippen LogP contribution in [0.25, 0.3) is 16.9 Å². The highest BCUT2D eigenvalue weighted by Crippen LogP contribution is 2.35. The number of nitrogens with one attached hydrogen (secondary N) is 1. The number of anilines is 1. The molecule has 2 heterocycles. The molecule has 0 radical (unpaired) electrons. The Hall–Kier alpha value is -2.33. The van der Waals surface area contributed by atoms with E-state index < -0.39 is 0 Å². The van der Waals surface area contributed by atoms with E-state index in [2.05, 4.69) is 5.32 Å². The van der Waals surface area contributed by atoms with Crippen LogP contribution in [-0.2, 0) is 6.42 Å². The summed E-state index contributed by atoms with van der Waals surface area (Å²) in [6.45, 7) is 0.885. The van der Waals surface area contributed by atoms with Gasteiger partial charge in [0, 0.05) is 22.7 Å². The van der Waals surface area contributed by atoms with Gasteiger partial charge in [-0.1, -0.05) is 29.8 Å². The highest BCUT2D eigenvalue weighted by atomic mass is 35.5. The van der Waals surface area contributed by atoms with Crippen LogP contribution >= 0.6 is 11.6 Å². The minimum absolute atomic E-state index is 0.250. The van der Waals surface area contributed by atoms with Gasteiger partial charge in [0.15, 0.2) is 0 Å². The molecule has 1 aliphatic heterocycles. The molecule has 3 nitrogen and oxygen atoms in total. The molecule has 0 spiro atoms. The second-order valence-corrected chi connectivity index (χ2v) is 6.37. The average Bonchev–Trinajstić information content (AvgIpc) is 2.77. The standard InChI is InChI=1S/C19H17ClFN3/c20-13-6-5-7-14(12-13)24-19-16(9-3-4-11-22-19)18(23-24)15-8-1-2-10-17(15)21/h1-2,5-8,10,12,22H,3-4,9,11H2. The van der Waals surface area contributed by atoms with E-state index in [4.69, 9.17) is 16.7 Å². The zero-order valence-electron chi connectivity index (χ0n) is 13.1. The molecule has 1 aliphatic rings. The fourth-order valence-corrected chi connectivity index (χ4v) is 3.35. The number of hydrogen-bond acceptors (Lipinski definition) is 2. The molecule has 0 saturated carbocycles. The van der Waals surface area contributed by atoms with Gasteiger partial charge in [-0.25, -0.2) is 9.07 Å². The Morgan fingerprint density at radius 1 is 1.08 bits per heavy atom. The quantitative estimate of drug-likeness (QED) is 0.704. The van der Waals surface area contributed by atoms with E-state index in [0.29, 0.717) is 16.3 Å². The van der Waals surface area contributed by atoms with Crippen molar-refractivity contribution in [1.29, 1.82) is 0 Å². The Morgan fingerprint density at radius 2 is 1.96 bits per heavy atom. The Bertz CT molecular complexity index is 888. The first-order valence-electron chi connectivity index (χ1n) is 8.10. The zero-order valence-corrected chi connectivity index (χ0v) is 13.9. The lowest BCUT2D eigenvalue weighted by Crippen LogP contribution is -2.07. The van der Waals surface area contributed by atoms with Gasteiger partial charge in [-0.05, 0) is 49.6 Å². The number of nitrogens with zero attached hydrogens (tertiary/aromatic N) is 2. The summed E-state index contributed by atoms with van der Waals surface area (Å²) in [5, 5.41) is 8.84. The van der Waals surface area contributed by atoms with E-state index in [9.17, 15) is 4.39 Å². The number of benzene rings is 2. The maximum absolute atomic E-state index is 14.3. The van der Waals surface area contributed by atoms with Gasteiger partial charge in [-0.2, -0.15) is 5.10 Å². The average molecular weight is 342 g/mol. The first kappa shape index (κ1) is 15.2.